The second-order valence-electron chi connectivity index (χ2n) is 9.41. The molecule has 4 fully saturated rings. The molecule has 3 atom stereocenters. The number of thioether (sulfide) groups is 2. The minimum Gasteiger partial charge on any atom is -0.463 e. The molecule has 4 heteroatoms. The van der Waals surface area contributed by atoms with E-state index in [0.717, 1.165) is 22.8 Å². The zero-order chi connectivity index (χ0) is 19.3. The van der Waals surface area contributed by atoms with Crippen molar-refractivity contribution in [3.8, 4) is 0 Å². The monoisotopic (exact) mass is 410 g/mol. The maximum Gasteiger partial charge on any atom is 0.330 e. The van der Waals surface area contributed by atoms with Gasteiger partial charge in [0.2, 0.25) is 0 Å². The first kappa shape index (κ1) is 21.6. The third-order valence-electron chi connectivity index (χ3n) is 7.12. The van der Waals surface area contributed by atoms with E-state index in [4.69, 9.17) is 4.74 Å². The summed E-state index contributed by atoms with van der Waals surface area (Å²) in [6, 6.07) is 0. The van der Waals surface area contributed by atoms with Crippen LogP contribution in [0.3, 0.4) is 0 Å². The summed E-state index contributed by atoms with van der Waals surface area (Å²) in [5.41, 5.74) is 1.05. The number of carbonyl (C=O) groups excluding carboxylic acids is 1. The Kier molecular flexibility index (Phi) is 7.69. The van der Waals surface area contributed by atoms with Crippen LogP contribution in [0.2, 0.25) is 0 Å². The summed E-state index contributed by atoms with van der Waals surface area (Å²) in [7, 11) is 0. The van der Waals surface area contributed by atoms with Crippen LogP contribution < -0.4 is 0 Å². The standard InChI is InChI=1S/C23H38O2S2/c1-4-10-26-21(6-3)27-11-8-23-15-18-12-19(16-23)14-22(13-18,17-23)7-9-25-20(24)5-2/h5,18-19,21H,2,4,6-17H2,1,3H3. The second kappa shape index (κ2) is 9.61. The molecule has 4 saturated carbocycles. The molecule has 0 heterocycles. The van der Waals surface area contributed by atoms with Gasteiger partial charge < -0.3 is 4.74 Å². The van der Waals surface area contributed by atoms with Crippen LogP contribution in [-0.2, 0) is 9.53 Å². The second-order valence-corrected chi connectivity index (χ2v) is 12.3. The molecule has 3 unspecified atom stereocenters. The van der Waals surface area contributed by atoms with E-state index in [1.165, 1.54) is 75.4 Å². The predicted octanol–water partition coefficient (Wildman–Crippen LogP) is 6.69. The third kappa shape index (κ3) is 5.50. The van der Waals surface area contributed by atoms with Crippen molar-refractivity contribution >= 4 is 29.5 Å². The van der Waals surface area contributed by atoms with Gasteiger partial charge in [0.1, 0.15) is 0 Å². The molecule has 0 aliphatic heterocycles. The zero-order valence-electron chi connectivity index (χ0n) is 17.3. The van der Waals surface area contributed by atoms with Gasteiger partial charge in [-0.25, -0.2) is 4.79 Å². The van der Waals surface area contributed by atoms with E-state index in [1.54, 1.807) is 0 Å². The number of carbonyl (C=O) groups is 1. The van der Waals surface area contributed by atoms with E-state index >= 15 is 0 Å². The van der Waals surface area contributed by atoms with E-state index < -0.39 is 0 Å². The first-order valence-electron chi connectivity index (χ1n) is 11.0. The Morgan fingerprint density at radius 3 is 2.33 bits per heavy atom. The Labute approximate surface area is 175 Å². The van der Waals surface area contributed by atoms with Crippen LogP contribution in [0.25, 0.3) is 0 Å². The number of hydrogen-bond donors (Lipinski definition) is 0. The van der Waals surface area contributed by atoms with Crippen molar-refractivity contribution in [2.45, 2.75) is 82.6 Å². The quantitative estimate of drug-likeness (QED) is 0.203. The molecular formula is C23H38O2S2. The van der Waals surface area contributed by atoms with Gasteiger partial charge in [-0.05, 0) is 98.4 Å². The van der Waals surface area contributed by atoms with Gasteiger partial charge in [-0.15, -0.1) is 23.5 Å². The van der Waals surface area contributed by atoms with Crippen LogP contribution in [0.15, 0.2) is 12.7 Å². The highest BCUT2D eigenvalue weighted by molar-refractivity contribution is 8.17. The Balaban J connectivity index is 1.54. The fourth-order valence-corrected chi connectivity index (χ4v) is 9.35. The van der Waals surface area contributed by atoms with Crippen molar-refractivity contribution in [1.82, 2.24) is 0 Å². The Morgan fingerprint density at radius 1 is 1.11 bits per heavy atom. The lowest BCUT2D eigenvalue weighted by atomic mass is 9.43. The molecule has 0 aromatic carbocycles. The van der Waals surface area contributed by atoms with Crippen molar-refractivity contribution in [1.29, 1.82) is 0 Å². The average molecular weight is 411 g/mol. The number of hydrogen-bond acceptors (Lipinski definition) is 4. The highest BCUT2D eigenvalue weighted by atomic mass is 32.2. The molecule has 154 valence electrons. The maximum atomic E-state index is 11.4. The third-order valence-corrected chi connectivity index (χ3v) is 10.4. The molecule has 2 nitrogen and oxygen atoms in total. The van der Waals surface area contributed by atoms with E-state index in [1.807, 2.05) is 0 Å². The van der Waals surface area contributed by atoms with Crippen molar-refractivity contribution in [3.05, 3.63) is 12.7 Å². The molecule has 4 aliphatic carbocycles. The van der Waals surface area contributed by atoms with Crippen LogP contribution in [-0.4, -0.2) is 28.7 Å². The lowest BCUT2D eigenvalue weighted by Gasteiger charge is -2.62. The van der Waals surface area contributed by atoms with Crippen LogP contribution >= 0.6 is 23.5 Å². The van der Waals surface area contributed by atoms with Gasteiger partial charge in [-0.2, -0.15) is 0 Å². The zero-order valence-corrected chi connectivity index (χ0v) is 19.0. The lowest BCUT2D eigenvalue weighted by molar-refractivity contribution is -0.144. The van der Waals surface area contributed by atoms with Gasteiger partial charge in [0, 0.05) is 10.7 Å². The maximum absolute atomic E-state index is 11.4. The van der Waals surface area contributed by atoms with Crippen molar-refractivity contribution in [2.75, 3.05) is 18.1 Å². The summed E-state index contributed by atoms with van der Waals surface area (Å²) in [5, 5.41) is 0. The minimum atomic E-state index is -0.263. The summed E-state index contributed by atoms with van der Waals surface area (Å²) in [6.07, 6.45) is 14.9. The summed E-state index contributed by atoms with van der Waals surface area (Å²) >= 11 is 4.38. The Bertz CT molecular complexity index is 505. The fraction of sp³-hybridized carbons (Fsp3) is 0.870. The molecule has 0 amide bonds. The van der Waals surface area contributed by atoms with Gasteiger partial charge in [-0.3, -0.25) is 0 Å². The highest BCUT2D eigenvalue weighted by Gasteiger charge is 2.56. The molecular weight excluding hydrogens is 372 g/mol. The van der Waals surface area contributed by atoms with E-state index in [9.17, 15) is 4.79 Å². The summed E-state index contributed by atoms with van der Waals surface area (Å²) in [5.74, 6) is 4.23. The number of esters is 1. The van der Waals surface area contributed by atoms with Crippen molar-refractivity contribution < 1.29 is 9.53 Å². The van der Waals surface area contributed by atoms with Crippen LogP contribution in [0.4, 0.5) is 0 Å². The Morgan fingerprint density at radius 2 is 1.74 bits per heavy atom. The highest BCUT2D eigenvalue weighted by Crippen LogP contribution is 2.67. The molecule has 0 aromatic heterocycles. The predicted molar refractivity (Wildman–Crippen MR) is 119 cm³/mol. The van der Waals surface area contributed by atoms with Crippen LogP contribution in [0, 0.1) is 22.7 Å². The first-order chi connectivity index (χ1) is 13.0. The summed E-state index contributed by atoms with van der Waals surface area (Å²) in [4.78, 5) is 11.4. The molecule has 0 aromatic rings. The molecule has 0 N–H and O–H groups in total. The van der Waals surface area contributed by atoms with Gasteiger partial charge in [0.25, 0.3) is 0 Å². The van der Waals surface area contributed by atoms with E-state index in [2.05, 4.69) is 44.0 Å². The smallest absolute Gasteiger partial charge is 0.330 e. The van der Waals surface area contributed by atoms with Gasteiger partial charge in [0.15, 0.2) is 0 Å². The molecule has 4 rings (SSSR count). The molecule has 4 bridgehead atoms. The molecule has 0 saturated heterocycles. The molecule has 0 radical (unpaired) electrons. The fourth-order valence-electron chi connectivity index (χ4n) is 6.60. The van der Waals surface area contributed by atoms with Crippen LogP contribution in [0.5, 0.6) is 0 Å². The van der Waals surface area contributed by atoms with Gasteiger partial charge in [0.05, 0.1) is 6.61 Å². The normalized spacial score (nSPS) is 35.2. The van der Waals surface area contributed by atoms with E-state index in [-0.39, 0.29) is 5.97 Å². The van der Waals surface area contributed by atoms with Gasteiger partial charge in [-0.1, -0.05) is 20.4 Å². The minimum absolute atomic E-state index is 0.263. The average Bonchev–Trinajstić information content (AvgIpc) is 2.63. The van der Waals surface area contributed by atoms with Crippen molar-refractivity contribution in [2.24, 2.45) is 22.7 Å². The van der Waals surface area contributed by atoms with Crippen molar-refractivity contribution in [3.63, 3.8) is 0 Å². The SMILES string of the molecule is C=CC(=O)OCCC12CC3CC(C1)CC(CCSC(CC)SCCC)(C3)C2. The topological polar surface area (TPSA) is 26.3 Å². The molecule has 27 heavy (non-hydrogen) atoms. The summed E-state index contributed by atoms with van der Waals surface area (Å²) in [6.45, 7) is 8.72. The summed E-state index contributed by atoms with van der Waals surface area (Å²) < 4.78 is 6.15. The molecule has 4 aliphatic rings. The van der Waals surface area contributed by atoms with Gasteiger partial charge >= 0.3 is 5.97 Å². The Hall–Kier alpha value is -0.0900. The number of rotatable bonds is 12. The van der Waals surface area contributed by atoms with Crippen LogP contribution in [0.1, 0.15) is 78.1 Å². The lowest BCUT2D eigenvalue weighted by Crippen LogP contribution is -2.52. The van der Waals surface area contributed by atoms with E-state index in [0.29, 0.717) is 17.4 Å². The number of ether oxygens (including phenoxy) is 1. The molecule has 0 spiro atoms. The largest absolute Gasteiger partial charge is 0.463 e. The first-order valence-corrected chi connectivity index (χ1v) is 13.1.